The number of aryl methyl sites for hydroxylation is 1. The van der Waals surface area contributed by atoms with Gasteiger partial charge in [-0.25, -0.2) is 4.68 Å². The summed E-state index contributed by atoms with van der Waals surface area (Å²) in [5, 5.41) is 10.5. The maximum Gasteiger partial charge on any atom is 0.274 e. The predicted octanol–water partition coefficient (Wildman–Crippen LogP) is 5.03. The molecule has 158 valence electrons. The van der Waals surface area contributed by atoms with Crippen molar-refractivity contribution in [2.24, 2.45) is 7.05 Å². The number of amides is 1. The highest BCUT2D eigenvalue weighted by atomic mass is 32.1. The number of nitrogens with one attached hydrogen (secondary N) is 1. The highest BCUT2D eigenvalue weighted by Crippen LogP contribution is 2.28. The third kappa shape index (κ3) is 4.16. The minimum atomic E-state index is -0.309. The topological polar surface area (TPSA) is 64.0 Å². The molecular weight excluding hydrogens is 406 g/mol. The van der Waals surface area contributed by atoms with Gasteiger partial charge in [0.15, 0.2) is 5.69 Å². The molecule has 0 radical (unpaired) electrons. The van der Waals surface area contributed by atoms with E-state index in [1.165, 1.54) is 10.2 Å². The maximum atomic E-state index is 13.3. The lowest BCUT2D eigenvalue weighted by atomic mass is 9.95. The first-order chi connectivity index (χ1) is 15.0. The Morgan fingerprint density at radius 1 is 1.03 bits per heavy atom. The van der Waals surface area contributed by atoms with E-state index in [-0.39, 0.29) is 23.2 Å². The Balaban J connectivity index is 1.72. The summed E-state index contributed by atoms with van der Waals surface area (Å²) in [4.78, 5) is 26.8. The number of carbonyl (C=O) groups excluding carboxylic acids is 1. The smallest absolute Gasteiger partial charge is 0.274 e. The first-order valence-electron chi connectivity index (χ1n) is 10.4. The Bertz CT molecular complexity index is 1260. The van der Waals surface area contributed by atoms with Crippen LogP contribution in [0.5, 0.6) is 0 Å². The van der Waals surface area contributed by atoms with E-state index >= 15 is 0 Å². The van der Waals surface area contributed by atoms with Gasteiger partial charge in [0.05, 0.1) is 11.4 Å². The van der Waals surface area contributed by atoms with Crippen molar-refractivity contribution in [1.82, 2.24) is 15.1 Å². The molecule has 2 atom stereocenters. The SMILES string of the molecule is CCC(C)c1ccc(C(NC(=O)c2nn(C)c(=O)c3ccccc23)c2cccs2)cc1. The van der Waals surface area contributed by atoms with Crippen LogP contribution in [0.25, 0.3) is 10.8 Å². The molecule has 4 aromatic rings. The van der Waals surface area contributed by atoms with Crippen molar-refractivity contribution in [3.8, 4) is 0 Å². The second kappa shape index (κ2) is 8.86. The first-order valence-corrected chi connectivity index (χ1v) is 11.3. The minimum absolute atomic E-state index is 0.220. The molecule has 0 aliphatic carbocycles. The van der Waals surface area contributed by atoms with E-state index in [0.29, 0.717) is 16.7 Å². The van der Waals surface area contributed by atoms with Gasteiger partial charge in [0.1, 0.15) is 0 Å². The molecule has 4 rings (SSSR count). The molecule has 31 heavy (non-hydrogen) atoms. The van der Waals surface area contributed by atoms with Crippen molar-refractivity contribution in [2.75, 3.05) is 0 Å². The number of rotatable bonds is 6. The molecule has 0 fully saturated rings. The fourth-order valence-corrected chi connectivity index (χ4v) is 4.50. The second-order valence-corrected chi connectivity index (χ2v) is 8.70. The summed E-state index contributed by atoms with van der Waals surface area (Å²) in [7, 11) is 1.57. The van der Waals surface area contributed by atoms with Gasteiger partial charge in [-0.1, -0.05) is 62.4 Å². The zero-order chi connectivity index (χ0) is 22.0. The molecule has 1 amide bonds. The van der Waals surface area contributed by atoms with Gasteiger partial charge in [0.2, 0.25) is 0 Å². The van der Waals surface area contributed by atoms with Crippen LogP contribution in [0.1, 0.15) is 58.7 Å². The van der Waals surface area contributed by atoms with Gasteiger partial charge < -0.3 is 5.32 Å². The molecule has 5 nitrogen and oxygen atoms in total. The molecule has 2 aromatic heterocycles. The predicted molar refractivity (Wildman–Crippen MR) is 126 cm³/mol. The van der Waals surface area contributed by atoms with E-state index in [0.717, 1.165) is 16.9 Å². The van der Waals surface area contributed by atoms with Gasteiger partial charge in [-0.05, 0) is 41.0 Å². The molecule has 0 aliphatic heterocycles. The van der Waals surface area contributed by atoms with E-state index in [9.17, 15) is 9.59 Å². The largest absolute Gasteiger partial charge is 0.339 e. The molecule has 0 spiro atoms. The van der Waals surface area contributed by atoms with Crippen LogP contribution in [0.2, 0.25) is 0 Å². The molecule has 0 aliphatic rings. The Morgan fingerprint density at radius 2 is 1.71 bits per heavy atom. The van der Waals surface area contributed by atoms with Crippen LogP contribution in [-0.4, -0.2) is 15.7 Å². The summed E-state index contributed by atoms with van der Waals surface area (Å²) in [5.74, 6) is 0.182. The molecule has 2 heterocycles. The molecule has 2 aromatic carbocycles. The fourth-order valence-electron chi connectivity index (χ4n) is 3.69. The summed E-state index contributed by atoms with van der Waals surface area (Å²) >= 11 is 1.60. The number of aromatic nitrogens is 2. The highest BCUT2D eigenvalue weighted by molar-refractivity contribution is 7.10. The Morgan fingerprint density at radius 3 is 2.35 bits per heavy atom. The lowest BCUT2D eigenvalue weighted by Crippen LogP contribution is -2.32. The third-order valence-electron chi connectivity index (χ3n) is 5.73. The van der Waals surface area contributed by atoms with Crippen LogP contribution >= 0.6 is 11.3 Å². The number of hydrogen-bond donors (Lipinski definition) is 1. The second-order valence-electron chi connectivity index (χ2n) is 7.72. The van der Waals surface area contributed by atoms with Crippen LogP contribution in [0.4, 0.5) is 0 Å². The summed E-state index contributed by atoms with van der Waals surface area (Å²) in [6.45, 7) is 4.39. The first kappa shape index (κ1) is 21.0. The van der Waals surface area contributed by atoms with Crippen molar-refractivity contribution in [3.63, 3.8) is 0 Å². The standard InChI is InChI=1S/C25H25N3O2S/c1-4-16(2)17-11-13-18(14-12-17)22(21-10-7-15-31-21)26-24(29)23-19-8-5-6-9-20(19)25(30)28(3)27-23/h5-16,22H,4H2,1-3H3,(H,26,29). The lowest BCUT2D eigenvalue weighted by molar-refractivity contribution is 0.0938. The fraction of sp³-hybridized carbons (Fsp3) is 0.240. The van der Waals surface area contributed by atoms with Crippen LogP contribution in [0, 0.1) is 0 Å². The Labute approximate surface area is 185 Å². The molecule has 0 saturated carbocycles. The molecule has 2 unspecified atom stereocenters. The molecule has 6 heteroatoms. The van der Waals surface area contributed by atoms with Crippen molar-refractivity contribution in [2.45, 2.75) is 32.2 Å². The van der Waals surface area contributed by atoms with E-state index in [4.69, 9.17) is 0 Å². The average Bonchev–Trinajstić information content (AvgIpc) is 3.34. The van der Waals surface area contributed by atoms with Crippen LogP contribution < -0.4 is 10.9 Å². The zero-order valence-electron chi connectivity index (χ0n) is 17.8. The molecule has 0 saturated heterocycles. The molecular formula is C25H25N3O2S. The lowest BCUT2D eigenvalue weighted by Gasteiger charge is -2.19. The van der Waals surface area contributed by atoms with Gasteiger partial charge in [0.25, 0.3) is 11.5 Å². The number of carbonyl (C=O) groups is 1. The van der Waals surface area contributed by atoms with Gasteiger partial charge in [-0.3, -0.25) is 9.59 Å². The average molecular weight is 432 g/mol. The summed E-state index contributed by atoms with van der Waals surface area (Å²) in [6, 6.07) is 19.2. The van der Waals surface area contributed by atoms with E-state index < -0.39 is 0 Å². The zero-order valence-corrected chi connectivity index (χ0v) is 18.6. The van der Waals surface area contributed by atoms with Gasteiger partial charge in [-0.15, -0.1) is 11.3 Å². The summed E-state index contributed by atoms with van der Waals surface area (Å²) in [6.07, 6.45) is 1.08. The number of nitrogens with zero attached hydrogens (tertiary/aromatic N) is 2. The maximum absolute atomic E-state index is 13.3. The van der Waals surface area contributed by atoms with Crippen molar-refractivity contribution in [1.29, 1.82) is 0 Å². The number of hydrogen-bond acceptors (Lipinski definition) is 4. The highest BCUT2D eigenvalue weighted by Gasteiger charge is 2.22. The number of benzene rings is 2. The van der Waals surface area contributed by atoms with Crippen molar-refractivity contribution in [3.05, 3.63) is 98.1 Å². The van der Waals surface area contributed by atoms with Gasteiger partial charge >= 0.3 is 0 Å². The minimum Gasteiger partial charge on any atom is -0.339 e. The summed E-state index contributed by atoms with van der Waals surface area (Å²) in [5.41, 5.74) is 2.32. The summed E-state index contributed by atoms with van der Waals surface area (Å²) < 4.78 is 1.22. The quantitative estimate of drug-likeness (QED) is 0.466. The normalized spacial score (nSPS) is 13.1. The Hall–Kier alpha value is -3.25. The van der Waals surface area contributed by atoms with Crippen LogP contribution in [-0.2, 0) is 7.05 Å². The van der Waals surface area contributed by atoms with Gasteiger partial charge in [-0.2, -0.15) is 5.10 Å². The van der Waals surface area contributed by atoms with E-state index in [1.54, 1.807) is 36.6 Å². The van der Waals surface area contributed by atoms with Gasteiger partial charge in [0, 0.05) is 17.3 Å². The van der Waals surface area contributed by atoms with Crippen LogP contribution in [0.15, 0.2) is 70.8 Å². The van der Waals surface area contributed by atoms with Crippen molar-refractivity contribution < 1.29 is 4.79 Å². The number of fused-ring (bicyclic) bond motifs is 1. The van der Waals surface area contributed by atoms with Crippen LogP contribution in [0.3, 0.4) is 0 Å². The van der Waals surface area contributed by atoms with E-state index in [2.05, 4.69) is 48.5 Å². The monoisotopic (exact) mass is 431 g/mol. The molecule has 1 N–H and O–H groups in total. The third-order valence-corrected chi connectivity index (χ3v) is 6.66. The number of thiophene rings is 1. The van der Waals surface area contributed by atoms with E-state index in [1.807, 2.05) is 23.6 Å². The van der Waals surface area contributed by atoms with Crippen molar-refractivity contribution >= 4 is 28.0 Å². The molecule has 0 bridgehead atoms. The Kier molecular flexibility index (Phi) is 6.00.